The lowest BCUT2D eigenvalue weighted by atomic mass is 9.88. The van der Waals surface area contributed by atoms with E-state index in [0.29, 0.717) is 28.9 Å². The summed E-state index contributed by atoms with van der Waals surface area (Å²) in [4.78, 5) is 31.5. The van der Waals surface area contributed by atoms with Crippen molar-refractivity contribution in [3.05, 3.63) is 113 Å². The molecular formula is C35H35F3N4O2. The molecule has 6 rings (SSSR count). The van der Waals surface area contributed by atoms with E-state index in [4.69, 9.17) is 0 Å². The molecule has 0 unspecified atom stereocenters. The third kappa shape index (κ3) is 5.30. The second-order valence-corrected chi connectivity index (χ2v) is 12.0. The third-order valence-electron chi connectivity index (χ3n) is 9.26. The van der Waals surface area contributed by atoms with Crippen molar-refractivity contribution in [2.24, 2.45) is 0 Å². The van der Waals surface area contributed by atoms with Crippen LogP contribution in [0.15, 0.2) is 78.9 Å². The van der Waals surface area contributed by atoms with E-state index in [2.05, 4.69) is 12.2 Å². The Morgan fingerprint density at radius 3 is 2.32 bits per heavy atom. The molecule has 1 N–H and O–H groups in total. The van der Waals surface area contributed by atoms with Crippen molar-refractivity contribution < 1.29 is 22.8 Å². The summed E-state index contributed by atoms with van der Waals surface area (Å²) in [5.74, 6) is -0.318. The molecule has 228 valence electrons. The molecule has 1 aromatic heterocycles. The lowest BCUT2D eigenvalue weighted by molar-refractivity contribution is -0.137. The molecule has 2 aliphatic rings. The van der Waals surface area contributed by atoms with E-state index in [0.717, 1.165) is 48.9 Å². The second kappa shape index (κ2) is 11.3. The summed E-state index contributed by atoms with van der Waals surface area (Å²) in [6.45, 7) is 6.24. The Morgan fingerprint density at radius 1 is 0.886 bits per heavy atom. The van der Waals surface area contributed by atoms with E-state index in [1.165, 1.54) is 12.1 Å². The number of hydrogen-bond acceptors (Lipinski definition) is 3. The summed E-state index contributed by atoms with van der Waals surface area (Å²) < 4.78 is 43.2. The van der Waals surface area contributed by atoms with Crippen molar-refractivity contribution in [2.75, 3.05) is 25.0 Å². The van der Waals surface area contributed by atoms with Gasteiger partial charge in [-0.3, -0.25) is 9.59 Å². The fourth-order valence-corrected chi connectivity index (χ4v) is 6.47. The van der Waals surface area contributed by atoms with Gasteiger partial charge in [0.1, 0.15) is 5.69 Å². The van der Waals surface area contributed by atoms with Crippen LogP contribution in [0.1, 0.15) is 63.0 Å². The standard InChI is InChI=1S/C35H35F3N4O2/c1-23-20-24(12-14-27(23)28-9-5-6-10-29(28)35(36,37)38)32(43)42-22-26-13-15-31(41(26)21-25-8-4-7-11-30(25)42)33(44)40(3)34(2)16-18-39-19-17-34/h4-15,20,39H,16-19,21-22H2,1-3H3. The molecule has 2 amide bonds. The quantitative estimate of drug-likeness (QED) is 0.277. The van der Waals surface area contributed by atoms with Crippen molar-refractivity contribution in [3.63, 3.8) is 0 Å². The second-order valence-electron chi connectivity index (χ2n) is 12.0. The van der Waals surface area contributed by atoms with Crippen LogP contribution in [0.4, 0.5) is 18.9 Å². The zero-order valence-electron chi connectivity index (χ0n) is 25.0. The highest BCUT2D eigenvalue weighted by Crippen LogP contribution is 2.39. The zero-order valence-corrected chi connectivity index (χ0v) is 25.0. The molecule has 0 saturated carbocycles. The normalized spacial score (nSPS) is 16.1. The average Bonchev–Trinajstić information content (AvgIpc) is 3.32. The van der Waals surface area contributed by atoms with Crippen LogP contribution in [-0.2, 0) is 19.3 Å². The number of nitrogens with zero attached hydrogens (tertiary/aromatic N) is 3. The third-order valence-corrected chi connectivity index (χ3v) is 9.26. The van der Waals surface area contributed by atoms with Crippen LogP contribution in [0.5, 0.6) is 0 Å². The topological polar surface area (TPSA) is 57.6 Å². The maximum atomic E-state index is 14.1. The van der Waals surface area contributed by atoms with Crippen molar-refractivity contribution in [1.29, 1.82) is 0 Å². The number of halogens is 3. The number of nitrogens with one attached hydrogen (secondary N) is 1. The Balaban J connectivity index is 1.34. The van der Waals surface area contributed by atoms with Crippen LogP contribution in [0.25, 0.3) is 11.1 Å². The molecule has 6 nitrogen and oxygen atoms in total. The number of benzene rings is 3. The van der Waals surface area contributed by atoms with Gasteiger partial charge in [-0.05, 0) is 98.4 Å². The molecular weight excluding hydrogens is 565 g/mol. The number of amides is 2. The first-order valence-electron chi connectivity index (χ1n) is 14.8. The lowest BCUT2D eigenvalue weighted by Crippen LogP contribution is -2.53. The number of hydrogen-bond donors (Lipinski definition) is 1. The molecule has 4 aromatic rings. The van der Waals surface area contributed by atoms with Gasteiger partial charge in [-0.15, -0.1) is 0 Å². The van der Waals surface area contributed by atoms with E-state index in [-0.39, 0.29) is 29.5 Å². The van der Waals surface area contributed by atoms with Crippen molar-refractivity contribution >= 4 is 17.5 Å². The first-order chi connectivity index (χ1) is 21.0. The highest BCUT2D eigenvalue weighted by atomic mass is 19.4. The zero-order chi connectivity index (χ0) is 31.2. The fraction of sp³-hybridized carbons (Fsp3) is 0.314. The van der Waals surface area contributed by atoms with Gasteiger partial charge in [0.25, 0.3) is 11.8 Å². The molecule has 0 atom stereocenters. The highest BCUT2D eigenvalue weighted by molar-refractivity contribution is 6.07. The van der Waals surface area contributed by atoms with E-state index < -0.39 is 11.7 Å². The van der Waals surface area contributed by atoms with Crippen molar-refractivity contribution in [3.8, 4) is 11.1 Å². The average molecular weight is 601 g/mol. The Hall–Kier alpha value is -4.37. The summed E-state index contributed by atoms with van der Waals surface area (Å²) in [5, 5.41) is 3.36. The first kappa shape index (κ1) is 29.7. The largest absolute Gasteiger partial charge is 0.417 e. The van der Waals surface area contributed by atoms with E-state index in [1.54, 1.807) is 36.1 Å². The fourth-order valence-electron chi connectivity index (χ4n) is 6.47. The van der Waals surface area contributed by atoms with Crippen LogP contribution >= 0.6 is 0 Å². The number of alkyl halides is 3. The number of carbonyl (C=O) groups is 2. The summed E-state index contributed by atoms with van der Waals surface area (Å²) in [5.41, 5.74) is 3.53. The van der Waals surface area contributed by atoms with Crippen molar-refractivity contribution in [1.82, 2.24) is 14.8 Å². The smallest absolute Gasteiger partial charge is 0.335 e. The summed E-state index contributed by atoms with van der Waals surface area (Å²) in [6, 6.07) is 21.7. The number of para-hydroxylation sites is 1. The molecule has 0 radical (unpaired) electrons. The van der Waals surface area contributed by atoms with Crippen molar-refractivity contribution in [2.45, 2.75) is 51.5 Å². The molecule has 0 bridgehead atoms. The number of rotatable bonds is 4. The molecule has 9 heteroatoms. The number of fused-ring (bicyclic) bond motifs is 2. The van der Waals surface area contributed by atoms with Gasteiger partial charge in [-0.1, -0.05) is 42.5 Å². The van der Waals surface area contributed by atoms with Gasteiger partial charge >= 0.3 is 6.18 Å². The predicted octanol–water partition coefficient (Wildman–Crippen LogP) is 6.91. The molecule has 1 fully saturated rings. The molecule has 1 saturated heterocycles. The molecule has 3 aromatic carbocycles. The van der Waals surface area contributed by atoms with Gasteiger partial charge < -0.3 is 19.7 Å². The Kier molecular flexibility index (Phi) is 7.61. The van der Waals surface area contributed by atoms with Gasteiger partial charge in [-0.2, -0.15) is 13.2 Å². The molecule has 44 heavy (non-hydrogen) atoms. The van der Waals surface area contributed by atoms with Gasteiger partial charge in [0.15, 0.2) is 0 Å². The first-order valence-corrected chi connectivity index (χ1v) is 14.8. The van der Waals surface area contributed by atoms with E-state index >= 15 is 0 Å². The molecule has 0 spiro atoms. The maximum absolute atomic E-state index is 14.1. The summed E-state index contributed by atoms with van der Waals surface area (Å²) in [6.07, 6.45) is -2.76. The van der Waals surface area contributed by atoms with Gasteiger partial charge in [0.05, 0.1) is 18.7 Å². The van der Waals surface area contributed by atoms with Gasteiger partial charge in [-0.25, -0.2) is 0 Å². The predicted molar refractivity (Wildman–Crippen MR) is 165 cm³/mol. The van der Waals surface area contributed by atoms with Crippen LogP contribution in [0.3, 0.4) is 0 Å². The lowest BCUT2D eigenvalue weighted by Gasteiger charge is -2.42. The monoisotopic (exact) mass is 600 g/mol. The molecule has 0 aliphatic carbocycles. The minimum Gasteiger partial charge on any atom is -0.335 e. The van der Waals surface area contributed by atoms with Crippen LogP contribution in [-0.4, -0.2) is 47.0 Å². The summed E-state index contributed by atoms with van der Waals surface area (Å²) in [7, 11) is 1.87. The minimum atomic E-state index is -4.50. The summed E-state index contributed by atoms with van der Waals surface area (Å²) >= 11 is 0. The van der Waals surface area contributed by atoms with Crippen LogP contribution in [0.2, 0.25) is 0 Å². The van der Waals surface area contributed by atoms with Crippen LogP contribution in [0, 0.1) is 6.92 Å². The Bertz CT molecular complexity index is 1740. The number of aromatic nitrogens is 1. The van der Waals surface area contributed by atoms with Crippen LogP contribution < -0.4 is 10.2 Å². The maximum Gasteiger partial charge on any atom is 0.417 e. The number of anilines is 1. The molecule has 2 aliphatic heterocycles. The number of carbonyl (C=O) groups excluding carboxylic acids is 2. The van der Waals surface area contributed by atoms with E-state index in [1.807, 2.05) is 52.9 Å². The Morgan fingerprint density at radius 2 is 1.59 bits per heavy atom. The Labute approximate surface area is 255 Å². The SMILES string of the molecule is Cc1cc(C(=O)N2Cc3ccc(C(=O)N(C)C4(C)CCNCC4)n3Cc3ccccc32)ccc1-c1ccccc1C(F)(F)F. The van der Waals surface area contributed by atoms with Gasteiger partial charge in [0.2, 0.25) is 0 Å². The number of aryl methyl sites for hydroxylation is 1. The molecule has 3 heterocycles. The minimum absolute atomic E-state index is 0.0525. The van der Waals surface area contributed by atoms with Gasteiger partial charge in [0, 0.05) is 29.5 Å². The van der Waals surface area contributed by atoms with E-state index in [9.17, 15) is 22.8 Å². The number of piperidine rings is 1. The highest BCUT2D eigenvalue weighted by Gasteiger charge is 2.37.